The molecule has 3 rings (SSSR count). The molecule has 0 bridgehead atoms. The predicted octanol–water partition coefficient (Wildman–Crippen LogP) is 5.38. The SMILES string of the molecule is Cc1ccc2c(c1)nc(CCl)n2-c1ccc(Cl)cc1Cl. The molecule has 0 N–H and O–H groups in total. The van der Waals surface area contributed by atoms with Crippen LogP contribution in [0.4, 0.5) is 0 Å². The van der Waals surface area contributed by atoms with Gasteiger partial charge in [0.05, 0.1) is 27.6 Å². The Kier molecular flexibility index (Phi) is 3.63. The van der Waals surface area contributed by atoms with Crippen molar-refractivity contribution < 1.29 is 0 Å². The summed E-state index contributed by atoms with van der Waals surface area (Å²) in [5.41, 5.74) is 3.88. The first-order chi connectivity index (χ1) is 9.60. The highest BCUT2D eigenvalue weighted by atomic mass is 35.5. The minimum atomic E-state index is 0.312. The van der Waals surface area contributed by atoms with Crippen molar-refractivity contribution >= 4 is 45.8 Å². The molecule has 0 unspecified atom stereocenters. The zero-order valence-corrected chi connectivity index (χ0v) is 13.0. The molecule has 0 saturated carbocycles. The summed E-state index contributed by atoms with van der Waals surface area (Å²) in [6, 6.07) is 11.5. The van der Waals surface area contributed by atoms with Gasteiger partial charge in [-0.25, -0.2) is 4.98 Å². The lowest BCUT2D eigenvalue weighted by Crippen LogP contribution is -2.00. The third-order valence-electron chi connectivity index (χ3n) is 3.15. The van der Waals surface area contributed by atoms with E-state index >= 15 is 0 Å². The van der Waals surface area contributed by atoms with E-state index in [0.29, 0.717) is 15.9 Å². The topological polar surface area (TPSA) is 17.8 Å². The van der Waals surface area contributed by atoms with Crippen LogP contribution in [0, 0.1) is 6.92 Å². The van der Waals surface area contributed by atoms with Crippen LogP contribution in [0.1, 0.15) is 11.4 Å². The number of rotatable bonds is 2. The van der Waals surface area contributed by atoms with Gasteiger partial charge in [-0.1, -0.05) is 29.3 Å². The molecule has 0 aliphatic carbocycles. The molecule has 0 saturated heterocycles. The molecule has 1 aromatic heterocycles. The number of benzene rings is 2. The summed E-state index contributed by atoms with van der Waals surface area (Å²) < 4.78 is 1.97. The van der Waals surface area contributed by atoms with Gasteiger partial charge < -0.3 is 0 Å². The van der Waals surface area contributed by atoms with Crippen LogP contribution in [0.5, 0.6) is 0 Å². The van der Waals surface area contributed by atoms with E-state index in [-0.39, 0.29) is 0 Å². The van der Waals surface area contributed by atoms with Crippen LogP contribution >= 0.6 is 34.8 Å². The van der Waals surface area contributed by atoms with Crippen LogP contribution in [0.25, 0.3) is 16.7 Å². The summed E-state index contributed by atoms with van der Waals surface area (Å²) >= 11 is 18.3. The number of fused-ring (bicyclic) bond motifs is 1. The first-order valence-corrected chi connectivity index (χ1v) is 7.38. The third-order valence-corrected chi connectivity index (χ3v) is 3.93. The van der Waals surface area contributed by atoms with Gasteiger partial charge in [-0.3, -0.25) is 4.57 Å². The average Bonchev–Trinajstić information content (AvgIpc) is 2.76. The van der Waals surface area contributed by atoms with Gasteiger partial charge in [0, 0.05) is 5.02 Å². The second-order valence-corrected chi connectivity index (χ2v) is 5.70. The Balaban J connectivity index is 2.34. The van der Waals surface area contributed by atoms with Crippen molar-refractivity contribution in [1.29, 1.82) is 0 Å². The highest BCUT2D eigenvalue weighted by Gasteiger charge is 2.14. The van der Waals surface area contributed by atoms with Gasteiger partial charge >= 0.3 is 0 Å². The van der Waals surface area contributed by atoms with Crippen LogP contribution in [-0.4, -0.2) is 9.55 Å². The van der Waals surface area contributed by atoms with Gasteiger partial charge in [-0.05, 0) is 42.8 Å². The number of imidazole rings is 1. The Hall–Kier alpha value is -1.22. The molecule has 0 amide bonds. The summed E-state index contributed by atoms with van der Waals surface area (Å²) in [5, 5.41) is 1.18. The molecule has 2 aromatic carbocycles. The standard InChI is InChI=1S/C15H11Cl3N2/c1-9-2-4-14-12(6-9)19-15(8-16)20(14)13-5-3-10(17)7-11(13)18/h2-7H,8H2,1H3. The normalized spacial score (nSPS) is 11.2. The van der Waals surface area contributed by atoms with E-state index in [2.05, 4.69) is 4.98 Å². The first-order valence-electron chi connectivity index (χ1n) is 6.09. The fourth-order valence-electron chi connectivity index (χ4n) is 2.26. The number of aromatic nitrogens is 2. The van der Waals surface area contributed by atoms with Gasteiger partial charge in [0.15, 0.2) is 0 Å². The predicted molar refractivity (Wildman–Crippen MR) is 85.4 cm³/mol. The van der Waals surface area contributed by atoms with E-state index in [1.54, 1.807) is 12.1 Å². The van der Waals surface area contributed by atoms with Gasteiger partial charge in [0.2, 0.25) is 0 Å². The quantitative estimate of drug-likeness (QED) is 0.578. The lowest BCUT2D eigenvalue weighted by molar-refractivity contribution is 0.982. The minimum Gasteiger partial charge on any atom is -0.294 e. The molecule has 0 atom stereocenters. The van der Waals surface area contributed by atoms with Gasteiger partial charge in [0.1, 0.15) is 5.82 Å². The van der Waals surface area contributed by atoms with Crippen LogP contribution < -0.4 is 0 Å². The van der Waals surface area contributed by atoms with E-state index in [1.165, 1.54) is 0 Å². The van der Waals surface area contributed by atoms with E-state index in [1.807, 2.05) is 35.8 Å². The van der Waals surface area contributed by atoms with Gasteiger partial charge in [-0.2, -0.15) is 0 Å². The fourth-order valence-corrected chi connectivity index (χ4v) is 2.93. The number of hydrogen-bond donors (Lipinski definition) is 0. The molecule has 1 heterocycles. The Morgan fingerprint density at radius 3 is 2.60 bits per heavy atom. The zero-order valence-electron chi connectivity index (χ0n) is 10.7. The molecule has 0 radical (unpaired) electrons. The van der Waals surface area contributed by atoms with Gasteiger partial charge in [0.25, 0.3) is 0 Å². The van der Waals surface area contributed by atoms with Gasteiger partial charge in [-0.15, -0.1) is 11.6 Å². The summed E-state index contributed by atoms with van der Waals surface area (Å²) in [6.45, 7) is 2.04. The van der Waals surface area contributed by atoms with Crippen LogP contribution in [0.3, 0.4) is 0 Å². The summed E-state index contributed by atoms with van der Waals surface area (Å²) in [5.74, 6) is 1.07. The van der Waals surface area contributed by atoms with Crippen LogP contribution in [0.2, 0.25) is 10.0 Å². The summed E-state index contributed by atoms with van der Waals surface area (Å²) in [7, 11) is 0. The lowest BCUT2D eigenvalue weighted by atomic mass is 10.2. The molecule has 0 aliphatic rings. The molecular formula is C15H11Cl3N2. The van der Waals surface area contributed by atoms with Crippen molar-refractivity contribution in [3.8, 4) is 5.69 Å². The van der Waals surface area contributed by atoms with E-state index in [9.17, 15) is 0 Å². The number of nitrogens with zero attached hydrogens (tertiary/aromatic N) is 2. The minimum absolute atomic E-state index is 0.312. The maximum Gasteiger partial charge on any atom is 0.129 e. The molecule has 3 aromatic rings. The fraction of sp³-hybridized carbons (Fsp3) is 0.133. The average molecular weight is 326 g/mol. The van der Waals surface area contributed by atoms with Crippen molar-refractivity contribution in [2.45, 2.75) is 12.8 Å². The third kappa shape index (κ3) is 2.28. The highest BCUT2D eigenvalue weighted by molar-refractivity contribution is 6.35. The second kappa shape index (κ2) is 5.28. The van der Waals surface area contributed by atoms with Crippen molar-refractivity contribution in [3.05, 3.63) is 57.8 Å². The molecular weight excluding hydrogens is 315 g/mol. The van der Waals surface area contributed by atoms with Crippen LogP contribution in [-0.2, 0) is 5.88 Å². The smallest absolute Gasteiger partial charge is 0.129 e. The maximum absolute atomic E-state index is 6.31. The lowest BCUT2D eigenvalue weighted by Gasteiger charge is -2.10. The van der Waals surface area contributed by atoms with E-state index in [0.717, 1.165) is 28.1 Å². The molecule has 0 fully saturated rings. The monoisotopic (exact) mass is 324 g/mol. The molecule has 5 heteroatoms. The van der Waals surface area contributed by atoms with Crippen molar-refractivity contribution in [2.75, 3.05) is 0 Å². The van der Waals surface area contributed by atoms with Crippen LogP contribution in [0.15, 0.2) is 36.4 Å². The molecule has 2 nitrogen and oxygen atoms in total. The number of halogens is 3. The Bertz CT molecular complexity index is 793. The highest BCUT2D eigenvalue weighted by Crippen LogP contribution is 2.30. The first kappa shape index (κ1) is 13.7. The molecule has 0 aliphatic heterocycles. The Morgan fingerprint density at radius 1 is 1.10 bits per heavy atom. The van der Waals surface area contributed by atoms with Crippen molar-refractivity contribution in [2.24, 2.45) is 0 Å². The Morgan fingerprint density at radius 2 is 1.90 bits per heavy atom. The number of aryl methyl sites for hydroxylation is 1. The van der Waals surface area contributed by atoms with Crippen molar-refractivity contribution in [1.82, 2.24) is 9.55 Å². The molecule has 20 heavy (non-hydrogen) atoms. The summed E-state index contributed by atoms with van der Waals surface area (Å²) in [4.78, 5) is 4.57. The van der Waals surface area contributed by atoms with E-state index < -0.39 is 0 Å². The summed E-state index contributed by atoms with van der Waals surface area (Å²) in [6.07, 6.45) is 0. The van der Waals surface area contributed by atoms with Crippen molar-refractivity contribution in [3.63, 3.8) is 0 Å². The van der Waals surface area contributed by atoms with E-state index in [4.69, 9.17) is 34.8 Å². The largest absolute Gasteiger partial charge is 0.294 e. The second-order valence-electron chi connectivity index (χ2n) is 4.58. The molecule has 0 spiro atoms. The maximum atomic E-state index is 6.31. The molecule has 102 valence electrons. The number of alkyl halides is 1. The zero-order chi connectivity index (χ0) is 14.3. The Labute approximate surface area is 131 Å². The number of hydrogen-bond acceptors (Lipinski definition) is 1.